The summed E-state index contributed by atoms with van der Waals surface area (Å²) in [6, 6.07) is 14.1. The molecule has 1 atom stereocenters. The van der Waals surface area contributed by atoms with Gasteiger partial charge in [-0.1, -0.05) is 57.7 Å². The normalized spacial score (nSPS) is 16.0. The third-order valence-corrected chi connectivity index (χ3v) is 5.67. The minimum atomic E-state index is -0.257. The number of carbonyl (C=O) groups excluding carboxylic acids is 1. The van der Waals surface area contributed by atoms with E-state index < -0.39 is 0 Å². The summed E-state index contributed by atoms with van der Waals surface area (Å²) in [6.07, 6.45) is 10.8. The highest BCUT2D eigenvalue weighted by atomic mass is 16.5. The van der Waals surface area contributed by atoms with Crippen LogP contribution in [0, 0.1) is 5.92 Å². The number of ether oxygens (including phenoxy) is 1. The SMILES string of the molecule is CCCCCc1ccc(OC(=O)c2ccc3c(c2)CCC(CCC)C3)cc1. The molecule has 0 N–H and O–H groups in total. The van der Waals surface area contributed by atoms with Crippen LogP contribution < -0.4 is 4.74 Å². The van der Waals surface area contributed by atoms with Gasteiger partial charge in [-0.2, -0.15) is 0 Å². The van der Waals surface area contributed by atoms with Gasteiger partial charge in [-0.25, -0.2) is 4.79 Å². The van der Waals surface area contributed by atoms with E-state index in [9.17, 15) is 4.79 Å². The van der Waals surface area contributed by atoms with Crippen LogP contribution in [0.5, 0.6) is 5.75 Å². The first-order valence-corrected chi connectivity index (χ1v) is 10.6. The molecule has 0 fully saturated rings. The maximum Gasteiger partial charge on any atom is 0.343 e. The highest BCUT2D eigenvalue weighted by Crippen LogP contribution is 2.29. The third kappa shape index (κ3) is 5.45. The highest BCUT2D eigenvalue weighted by molar-refractivity contribution is 5.91. The fraction of sp³-hybridized carbons (Fsp3) is 0.480. The topological polar surface area (TPSA) is 26.3 Å². The fourth-order valence-corrected chi connectivity index (χ4v) is 4.08. The number of aryl methyl sites for hydroxylation is 2. The van der Waals surface area contributed by atoms with Crippen LogP contribution in [0.15, 0.2) is 42.5 Å². The average molecular weight is 365 g/mol. The molecule has 1 aliphatic carbocycles. The Labute approximate surface area is 164 Å². The van der Waals surface area contributed by atoms with Crippen molar-refractivity contribution in [3.05, 3.63) is 64.7 Å². The van der Waals surface area contributed by atoms with Crippen molar-refractivity contribution in [1.29, 1.82) is 0 Å². The van der Waals surface area contributed by atoms with E-state index in [4.69, 9.17) is 4.74 Å². The first-order valence-electron chi connectivity index (χ1n) is 10.6. The average Bonchev–Trinajstić information content (AvgIpc) is 2.69. The van der Waals surface area contributed by atoms with E-state index in [1.54, 1.807) is 0 Å². The van der Waals surface area contributed by atoms with Crippen LogP contribution in [-0.4, -0.2) is 5.97 Å². The molecule has 0 saturated carbocycles. The van der Waals surface area contributed by atoms with Gasteiger partial charge in [-0.05, 0) is 79.0 Å². The molecule has 1 aliphatic rings. The zero-order valence-corrected chi connectivity index (χ0v) is 16.8. The van der Waals surface area contributed by atoms with Gasteiger partial charge in [0.25, 0.3) is 0 Å². The van der Waals surface area contributed by atoms with Gasteiger partial charge in [0.2, 0.25) is 0 Å². The summed E-state index contributed by atoms with van der Waals surface area (Å²) in [5, 5.41) is 0. The molecule has 0 aliphatic heterocycles. The van der Waals surface area contributed by atoms with Crippen molar-refractivity contribution >= 4 is 5.97 Å². The van der Waals surface area contributed by atoms with Crippen LogP contribution in [0.25, 0.3) is 0 Å². The molecule has 3 rings (SSSR count). The smallest absolute Gasteiger partial charge is 0.343 e. The van der Waals surface area contributed by atoms with Gasteiger partial charge in [0.1, 0.15) is 5.75 Å². The molecule has 0 spiro atoms. The molecular formula is C25H32O2. The third-order valence-electron chi connectivity index (χ3n) is 5.67. The van der Waals surface area contributed by atoms with Crippen LogP contribution in [-0.2, 0) is 19.3 Å². The quantitative estimate of drug-likeness (QED) is 0.302. The molecule has 0 aromatic heterocycles. The molecule has 0 radical (unpaired) electrons. The van der Waals surface area contributed by atoms with Gasteiger partial charge in [-0.15, -0.1) is 0 Å². The molecule has 0 saturated heterocycles. The van der Waals surface area contributed by atoms with Crippen LogP contribution in [0.1, 0.15) is 79.4 Å². The summed E-state index contributed by atoms with van der Waals surface area (Å²) < 4.78 is 5.59. The van der Waals surface area contributed by atoms with Crippen molar-refractivity contribution in [2.24, 2.45) is 5.92 Å². The van der Waals surface area contributed by atoms with Crippen molar-refractivity contribution in [3.8, 4) is 5.75 Å². The first-order chi connectivity index (χ1) is 13.2. The zero-order valence-electron chi connectivity index (χ0n) is 16.8. The molecule has 0 heterocycles. The van der Waals surface area contributed by atoms with Gasteiger partial charge in [0, 0.05) is 0 Å². The lowest BCUT2D eigenvalue weighted by Gasteiger charge is -2.24. The second-order valence-electron chi connectivity index (χ2n) is 7.87. The van der Waals surface area contributed by atoms with Crippen molar-refractivity contribution < 1.29 is 9.53 Å². The predicted molar refractivity (Wildman–Crippen MR) is 111 cm³/mol. The number of hydrogen-bond donors (Lipinski definition) is 0. The summed E-state index contributed by atoms with van der Waals surface area (Å²) in [6.45, 7) is 4.47. The number of hydrogen-bond acceptors (Lipinski definition) is 2. The number of fused-ring (bicyclic) bond motifs is 1. The standard InChI is InChI=1S/C25H32O2/c1-3-5-6-8-19-10-15-24(16-11-19)27-25(26)23-14-13-21-17-20(7-4-2)9-12-22(21)18-23/h10-11,13-16,18,20H,3-9,12,17H2,1-2H3. The van der Waals surface area contributed by atoms with Crippen LogP contribution >= 0.6 is 0 Å². The Hall–Kier alpha value is -2.09. The van der Waals surface area contributed by atoms with E-state index in [-0.39, 0.29) is 5.97 Å². The summed E-state index contributed by atoms with van der Waals surface area (Å²) in [4.78, 5) is 12.5. The van der Waals surface area contributed by atoms with Gasteiger partial charge in [-0.3, -0.25) is 0 Å². The number of rotatable bonds is 8. The molecule has 2 nitrogen and oxygen atoms in total. The highest BCUT2D eigenvalue weighted by Gasteiger charge is 2.19. The van der Waals surface area contributed by atoms with Crippen molar-refractivity contribution in [3.63, 3.8) is 0 Å². The lowest BCUT2D eigenvalue weighted by atomic mass is 9.81. The van der Waals surface area contributed by atoms with Crippen LogP contribution in [0.4, 0.5) is 0 Å². The van der Waals surface area contributed by atoms with E-state index >= 15 is 0 Å². The minimum Gasteiger partial charge on any atom is -0.423 e. The lowest BCUT2D eigenvalue weighted by Crippen LogP contribution is -2.16. The molecule has 2 aromatic rings. The van der Waals surface area contributed by atoms with Crippen LogP contribution in [0.3, 0.4) is 0 Å². The van der Waals surface area contributed by atoms with Crippen molar-refractivity contribution in [2.45, 2.75) is 71.6 Å². The Morgan fingerprint density at radius 3 is 2.56 bits per heavy atom. The minimum absolute atomic E-state index is 0.257. The Morgan fingerprint density at radius 2 is 1.81 bits per heavy atom. The lowest BCUT2D eigenvalue weighted by molar-refractivity contribution is 0.0734. The second-order valence-corrected chi connectivity index (χ2v) is 7.87. The van der Waals surface area contributed by atoms with E-state index in [0.29, 0.717) is 11.3 Å². The number of esters is 1. The predicted octanol–water partition coefficient (Wildman–Crippen LogP) is 6.54. The van der Waals surface area contributed by atoms with Gasteiger partial charge in [0.05, 0.1) is 5.56 Å². The summed E-state index contributed by atoms with van der Waals surface area (Å²) >= 11 is 0. The Morgan fingerprint density at radius 1 is 1.00 bits per heavy atom. The molecule has 0 bridgehead atoms. The largest absolute Gasteiger partial charge is 0.423 e. The Kier molecular flexibility index (Phi) is 7.09. The second kappa shape index (κ2) is 9.73. The molecule has 144 valence electrons. The molecule has 2 heteroatoms. The van der Waals surface area contributed by atoms with Crippen molar-refractivity contribution in [1.82, 2.24) is 0 Å². The Bertz CT molecular complexity index is 745. The summed E-state index contributed by atoms with van der Waals surface area (Å²) in [7, 11) is 0. The number of benzene rings is 2. The van der Waals surface area contributed by atoms with Gasteiger partial charge < -0.3 is 4.74 Å². The number of carbonyl (C=O) groups is 1. The molecule has 27 heavy (non-hydrogen) atoms. The monoisotopic (exact) mass is 364 g/mol. The molecule has 1 unspecified atom stereocenters. The maximum absolute atomic E-state index is 12.5. The van der Waals surface area contributed by atoms with Gasteiger partial charge >= 0.3 is 5.97 Å². The first kappa shape index (κ1) is 19.7. The number of unbranched alkanes of at least 4 members (excludes halogenated alkanes) is 2. The summed E-state index contributed by atoms with van der Waals surface area (Å²) in [5.41, 5.74) is 4.70. The van der Waals surface area contributed by atoms with E-state index in [1.165, 1.54) is 55.2 Å². The maximum atomic E-state index is 12.5. The van der Waals surface area contributed by atoms with E-state index in [1.807, 2.05) is 24.3 Å². The molecule has 2 aromatic carbocycles. The molecular weight excluding hydrogens is 332 g/mol. The molecule has 0 amide bonds. The summed E-state index contributed by atoms with van der Waals surface area (Å²) in [5.74, 6) is 1.17. The fourth-order valence-electron chi connectivity index (χ4n) is 4.08. The van der Waals surface area contributed by atoms with E-state index in [2.05, 4.69) is 32.0 Å². The van der Waals surface area contributed by atoms with E-state index in [0.717, 1.165) is 25.2 Å². The zero-order chi connectivity index (χ0) is 19.1. The van der Waals surface area contributed by atoms with Crippen LogP contribution in [0.2, 0.25) is 0 Å². The van der Waals surface area contributed by atoms with Gasteiger partial charge in [0.15, 0.2) is 0 Å². The van der Waals surface area contributed by atoms with Crippen molar-refractivity contribution in [2.75, 3.05) is 0 Å². The Balaban J connectivity index is 1.60.